The normalized spacial score (nSPS) is 12.9. The first-order chi connectivity index (χ1) is 13.0. The average Bonchev–Trinajstić information content (AvgIpc) is 2.70. The lowest BCUT2D eigenvalue weighted by Crippen LogP contribution is -2.32. The molecule has 0 aliphatic heterocycles. The molecule has 0 saturated carbocycles. The first-order valence-corrected chi connectivity index (χ1v) is 9.59. The highest BCUT2D eigenvalue weighted by molar-refractivity contribution is 7.86. The molecule has 3 aromatic rings. The van der Waals surface area contributed by atoms with Crippen molar-refractivity contribution in [1.29, 1.82) is 0 Å². The van der Waals surface area contributed by atoms with E-state index in [4.69, 9.17) is 10.8 Å². The number of benzene rings is 3. The van der Waals surface area contributed by atoms with Crippen LogP contribution in [0.4, 0.5) is 5.69 Å². The third-order valence-electron chi connectivity index (χ3n) is 4.11. The van der Waals surface area contributed by atoms with E-state index in [0.717, 1.165) is 16.7 Å². The Morgan fingerprint density at radius 3 is 2.11 bits per heavy atom. The highest BCUT2D eigenvalue weighted by atomic mass is 32.2. The summed E-state index contributed by atoms with van der Waals surface area (Å²) >= 11 is 0. The van der Waals surface area contributed by atoms with Crippen LogP contribution >= 0.6 is 0 Å². The molecule has 0 radical (unpaired) electrons. The molecule has 0 spiro atoms. The molecular formula is C21H20N2O3S. The van der Waals surface area contributed by atoms with Crippen molar-refractivity contribution in [3.63, 3.8) is 0 Å². The smallest absolute Gasteiger partial charge is 0.320 e. The van der Waals surface area contributed by atoms with E-state index >= 15 is 0 Å². The number of hydrogen-bond acceptors (Lipinski definition) is 3. The fourth-order valence-electron chi connectivity index (χ4n) is 2.62. The second kappa shape index (κ2) is 8.62. The highest BCUT2D eigenvalue weighted by Crippen LogP contribution is 2.21. The van der Waals surface area contributed by atoms with Crippen molar-refractivity contribution in [3.8, 4) is 11.1 Å². The molecule has 4 N–H and O–H groups in total. The summed E-state index contributed by atoms with van der Waals surface area (Å²) in [4.78, 5) is 11.5. The van der Waals surface area contributed by atoms with E-state index in [1.807, 2.05) is 54.6 Å². The lowest BCUT2D eigenvalue weighted by Gasteiger charge is -2.09. The Kier molecular flexibility index (Phi) is 6.01. The van der Waals surface area contributed by atoms with E-state index in [2.05, 4.69) is 4.72 Å². The van der Waals surface area contributed by atoms with Gasteiger partial charge in [-0.3, -0.25) is 4.79 Å². The van der Waals surface area contributed by atoms with Gasteiger partial charge in [0.15, 0.2) is 0 Å². The van der Waals surface area contributed by atoms with Crippen LogP contribution < -0.4 is 10.5 Å². The summed E-state index contributed by atoms with van der Waals surface area (Å²) in [5.41, 5.74) is 9.21. The summed E-state index contributed by atoms with van der Waals surface area (Å²) in [6, 6.07) is 23.7. The van der Waals surface area contributed by atoms with Gasteiger partial charge in [-0.2, -0.15) is 0 Å². The predicted molar refractivity (Wildman–Crippen MR) is 108 cm³/mol. The molecule has 5 nitrogen and oxygen atoms in total. The van der Waals surface area contributed by atoms with Gasteiger partial charge in [0.1, 0.15) is 17.0 Å². The maximum absolute atomic E-state index is 12.5. The number of aliphatic carboxylic acids is 1. The fraction of sp³-hybridized carbons (Fsp3) is 0.0952. The minimum Gasteiger partial charge on any atom is -0.480 e. The van der Waals surface area contributed by atoms with Crippen molar-refractivity contribution in [1.82, 2.24) is 0 Å². The Morgan fingerprint density at radius 1 is 0.926 bits per heavy atom. The molecule has 0 aliphatic rings. The number of rotatable bonds is 7. The van der Waals surface area contributed by atoms with Crippen LogP contribution in [0.5, 0.6) is 0 Å². The predicted octanol–water partition coefficient (Wildman–Crippen LogP) is 3.44. The van der Waals surface area contributed by atoms with Gasteiger partial charge in [-0.15, -0.1) is 0 Å². The van der Waals surface area contributed by atoms with Gasteiger partial charge in [-0.25, -0.2) is 4.21 Å². The van der Waals surface area contributed by atoms with Gasteiger partial charge in [0, 0.05) is 5.69 Å². The summed E-state index contributed by atoms with van der Waals surface area (Å²) in [6.45, 7) is 0. The molecule has 0 bridgehead atoms. The molecule has 0 fully saturated rings. The Morgan fingerprint density at radius 2 is 1.52 bits per heavy atom. The van der Waals surface area contributed by atoms with Crippen LogP contribution in [0, 0.1) is 0 Å². The zero-order valence-electron chi connectivity index (χ0n) is 14.5. The third-order valence-corrected chi connectivity index (χ3v) is 5.23. The second-order valence-electron chi connectivity index (χ2n) is 6.11. The van der Waals surface area contributed by atoms with Gasteiger partial charge in [-0.05, 0) is 47.4 Å². The Labute approximate surface area is 160 Å². The lowest BCUT2D eigenvalue weighted by molar-refractivity contribution is -0.138. The van der Waals surface area contributed by atoms with E-state index in [9.17, 15) is 9.00 Å². The van der Waals surface area contributed by atoms with Crippen molar-refractivity contribution < 1.29 is 14.1 Å². The molecule has 3 aromatic carbocycles. The van der Waals surface area contributed by atoms with Crippen LogP contribution in [0.2, 0.25) is 0 Å². The highest BCUT2D eigenvalue weighted by Gasteiger charge is 2.12. The standard InChI is InChI=1S/C21H20N2O3S/c22-20(21(24)25)14-15-6-10-18(11-7-15)23-27(26)19-12-8-17(9-13-19)16-4-2-1-3-5-16/h1-13,20,23H,14,22H2,(H,24,25). The average molecular weight is 380 g/mol. The van der Waals surface area contributed by atoms with Crippen LogP contribution in [0.25, 0.3) is 11.1 Å². The summed E-state index contributed by atoms with van der Waals surface area (Å²) < 4.78 is 15.5. The van der Waals surface area contributed by atoms with Gasteiger partial charge in [0.2, 0.25) is 0 Å². The van der Waals surface area contributed by atoms with Crippen molar-refractivity contribution in [2.75, 3.05) is 4.72 Å². The van der Waals surface area contributed by atoms with Crippen LogP contribution in [-0.4, -0.2) is 21.3 Å². The quantitative estimate of drug-likeness (QED) is 0.585. The molecule has 2 unspecified atom stereocenters. The molecule has 0 heterocycles. The van der Waals surface area contributed by atoms with Gasteiger partial charge < -0.3 is 15.6 Å². The molecule has 27 heavy (non-hydrogen) atoms. The molecule has 0 aromatic heterocycles. The monoisotopic (exact) mass is 380 g/mol. The number of carbonyl (C=O) groups is 1. The number of hydrogen-bond donors (Lipinski definition) is 3. The fourth-order valence-corrected chi connectivity index (χ4v) is 3.47. The van der Waals surface area contributed by atoms with E-state index in [-0.39, 0.29) is 6.42 Å². The minimum atomic E-state index is -1.39. The second-order valence-corrected chi connectivity index (χ2v) is 7.32. The number of carboxylic acids is 1. The first-order valence-electron chi connectivity index (χ1n) is 8.44. The van der Waals surface area contributed by atoms with Crippen LogP contribution in [-0.2, 0) is 22.2 Å². The van der Waals surface area contributed by atoms with Crippen molar-refractivity contribution in [2.45, 2.75) is 17.4 Å². The number of nitrogens with one attached hydrogen (secondary N) is 1. The van der Waals surface area contributed by atoms with Crippen molar-refractivity contribution in [2.24, 2.45) is 5.73 Å². The molecular weight excluding hydrogens is 360 g/mol. The molecule has 6 heteroatoms. The molecule has 3 rings (SSSR count). The number of carboxylic acid groups (broad SMARTS) is 1. The van der Waals surface area contributed by atoms with Crippen LogP contribution in [0.1, 0.15) is 5.56 Å². The zero-order valence-corrected chi connectivity index (χ0v) is 15.4. The summed E-state index contributed by atoms with van der Waals surface area (Å²) in [5.74, 6) is -1.03. The van der Waals surface area contributed by atoms with E-state index in [0.29, 0.717) is 10.6 Å². The number of nitrogens with two attached hydrogens (primary N) is 1. The first kappa shape index (κ1) is 18.8. The van der Waals surface area contributed by atoms with Crippen molar-refractivity contribution in [3.05, 3.63) is 84.4 Å². The topological polar surface area (TPSA) is 92.4 Å². The molecule has 0 saturated heterocycles. The molecule has 2 atom stereocenters. The van der Waals surface area contributed by atoms with Gasteiger partial charge in [0.25, 0.3) is 0 Å². The zero-order chi connectivity index (χ0) is 19.2. The van der Waals surface area contributed by atoms with E-state index in [1.165, 1.54) is 0 Å². The largest absolute Gasteiger partial charge is 0.480 e. The SMILES string of the molecule is NC(Cc1ccc(NS(=O)c2ccc(-c3ccccc3)cc2)cc1)C(=O)O. The van der Waals surface area contributed by atoms with Gasteiger partial charge in [0.05, 0.1) is 4.90 Å². The van der Waals surface area contributed by atoms with Crippen molar-refractivity contribution >= 4 is 22.6 Å². The summed E-state index contributed by atoms with van der Waals surface area (Å²) in [6.07, 6.45) is 0.250. The van der Waals surface area contributed by atoms with Gasteiger partial charge >= 0.3 is 5.97 Å². The number of anilines is 1. The summed E-state index contributed by atoms with van der Waals surface area (Å²) in [5, 5.41) is 8.86. The third kappa shape index (κ3) is 5.03. The maximum Gasteiger partial charge on any atom is 0.320 e. The van der Waals surface area contributed by atoms with Gasteiger partial charge in [-0.1, -0.05) is 54.6 Å². The molecule has 138 valence electrons. The van der Waals surface area contributed by atoms with Crippen LogP contribution in [0.3, 0.4) is 0 Å². The molecule has 0 aliphatic carbocycles. The maximum atomic E-state index is 12.5. The summed E-state index contributed by atoms with van der Waals surface area (Å²) in [7, 11) is -1.39. The Balaban J connectivity index is 1.64. The van der Waals surface area contributed by atoms with E-state index in [1.54, 1.807) is 24.3 Å². The van der Waals surface area contributed by atoms with E-state index < -0.39 is 23.0 Å². The molecule has 0 amide bonds. The Hall–Kier alpha value is -2.96. The van der Waals surface area contributed by atoms with Crippen LogP contribution in [0.15, 0.2) is 83.8 Å². The Bertz CT molecular complexity index is 926. The lowest BCUT2D eigenvalue weighted by atomic mass is 10.1. The minimum absolute atomic E-state index is 0.250.